The van der Waals surface area contributed by atoms with Crippen LogP contribution < -0.4 is 5.32 Å². The third-order valence-corrected chi connectivity index (χ3v) is 2.68. The van der Waals surface area contributed by atoms with Crippen molar-refractivity contribution in [3.63, 3.8) is 0 Å². The van der Waals surface area contributed by atoms with Crippen molar-refractivity contribution in [3.8, 4) is 0 Å². The normalized spacial score (nSPS) is 12.8. The molecule has 0 aromatic rings. The monoisotopic (exact) mass is 229 g/mol. The van der Waals surface area contributed by atoms with E-state index in [4.69, 9.17) is 4.74 Å². The summed E-state index contributed by atoms with van der Waals surface area (Å²) in [6, 6.07) is 0. The summed E-state index contributed by atoms with van der Waals surface area (Å²) in [6.45, 7) is 10.5. The smallest absolute Gasteiger partial charge is 0.222 e. The maximum atomic E-state index is 11.4. The molecule has 1 atom stereocenters. The summed E-state index contributed by atoms with van der Waals surface area (Å²) in [4.78, 5) is 11.4. The first-order valence-electron chi connectivity index (χ1n) is 6.43. The van der Waals surface area contributed by atoms with E-state index >= 15 is 0 Å². The Bertz CT molecular complexity index is 181. The van der Waals surface area contributed by atoms with Crippen molar-refractivity contribution in [1.82, 2.24) is 5.32 Å². The zero-order chi connectivity index (χ0) is 12.4. The van der Waals surface area contributed by atoms with Gasteiger partial charge in [0.15, 0.2) is 0 Å². The Morgan fingerprint density at radius 2 is 1.94 bits per heavy atom. The first kappa shape index (κ1) is 15.4. The molecule has 3 heteroatoms. The van der Waals surface area contributed by atoms with Crippen LogP contribution in [0.3, 0.4) is 0 Å². The molecule has 0 aliphatic heterocycles. The second kappa shape index (κ2) is 9.64. The Morgan fingerprint density at radius 3 is 2.50 bits per heavy atom. The molecular formula is C13H27NO2. The molecule has 96 valence electrons. The Kier molecular flexibility index (Phi) is 9.30. The fourth-order valence-corrected chi connectivity index (χ4v) is 1.30. The lowest BCUT2D eigenvalue weighted by atomic mass is 10.1. The van der Waals surface area contributed by atoms with Gasteiger partial charge >= 0.3 is 0 Å². The van der Waals surface area contributed by atoms with E-state index in [9.17, 15) is 4.79 Å². The van der Waals surface area contributed by atoms with E-state index in [1.807, 2.05) is 13.8 Å². The van der Waals surface area contributed by atoms with Crippen molar-refractivity contribution in [2.75, 3.05) is 19.8 Å². The van der Waals surface area contributed by atoms with Gasteiger partial charge in [-0.3, -0.25) is 4.79 Å². The third-order valence-electron chi connectivity index (χ3n) is 2.68. The SMILES string of the molecule is CCC(C)C(=O)NCCOCCCC(C)C. The molecule has 0 aromatic carbocycles. The fraction of sp³-hybridized carbons (Fsp3) is 0.923. The standard InChI is InChI=1S/C13H27NO2/c1-5-12(4)13(15)14-8-10-16-9-6-7-11(2)3/h11-12H,5-10H2,1-4H3,(H,14,15). The van der Waals surface area contributed by atoms with Crippen LogP contribution in [0.4, 0.5) is 0 Å². The van der Waals surface area contributed by atoms with Gasteiger partial charge in [-0.05, 0) is 25.2 Å². The van der Waals surface area contributed by atoms with Crippen molar-refractivity contribution < 1.29 is 9.53 Å². The number of ether oxygens (including phenoxy) is 1. The highest BCUT2D eigenvalue weighted by Crippen LogP contribution is 2.03. The minimum Gasteiger partial charge on any atom is -0.380 e. The van der Waals surface area contributed by atoms with Crippen LogP contribution in [-0.4, -0.2) is 25.7 Å². The third kappa shape index (κ3) is 8.72. The van der Waals surface area contributed by atoms with Gasteiger partial charge in [0.05, 0.1) is 6.61 Å². The Balaban J connectivity index is 3.24. The number of nitrogens with one attached hydrogen (secondary N) is 1. The molecule has 0 saturated heterocycles. The van der Waals surface area contributed by atoms with Crippen LogP contribution in [0.5, 0.6) is 0 Å². The second-order valence-electron chi connectivity index (χ2n) is 4.75. The van der Waals surface area contributed by atoms with Gasteiger partial charge in [0.1, 0.15) is 0 Å². The van der Waals surface area contributed by atoms with Crippen molar-refractivity contribution in [2.24, 2.45) is 11.8 Å². The van der Waals surface area contributed by atoms with E-state index < -0.39 is 0 Å². The summed E-state index contributed by atoms with van der Waals surface area (Å²) in [5, 5.41) is 2.87. The number of carbonyl (C=O) groups is 1. The minimum absolute atomic E-state index is 0.112. The van der Waals surface area contributed by atoms with Crippen molar-refractivity contribution in [2.45, 2.75) is 47.0 Å². The number of rotatable bonds is 9. The second-order valence-corrected chi connectivity index (χ2v) is 4.75. The van der Waals surface area contributed by atoms with Gasteiger partial charge in [0, 0.05) is 19.1 Å². The molecule has 0 heterocycles. The van der Waals surface area contributed by atoms with Crippen molar-refractivity contribution in [1.29, 1.82) is 0 Å². The summed E-state index contributed by atoms with van der Waals surface area (Å²) in [6.07, 6.45) is 3.21. The molecule has 0 bridgehead atoms. The topological polar surface area (TPSA) is 38.3 Å². The average Bonchev–Trinajstić information content (AvgIpc) is 2.25. The molecule has 0 fully saturated rings. The van der Waals surface area contributed by atoms with Crippen LogP contribution in [0.2, 0.25) is 0 Å². The number of hydrogen-bond acceptors (Lipinski definition) is 2. The van der Waals surface area contributed by atoms with Crippen LogP contribution >= 0.6 is 0 Å². The summed E-state index contributed by atoms with van der Waals surface area (Å²) in [5.41, 5.74) is 0. The molecular weight excluding hydrogens is 202 g/mol. The molecule has 1 amide bonds. The summed E-state index contributed by atoms with van der Waals surface area (Å²) in [7, 11) is 0. The lowest BCUT2D eigenvalue weighted by Gasteiger charge is -2.10. The van der Waals surface area contributed by atoms with Crippen molar-refractivity contribution in [3.05, 3.63) is 0 Å². The van der Waals surface area contributed by atoms with E-state index in [1.165, 1.54) is 6.42 Å². The maximum Gasteiger partial charge on any atom is 0.222 e. The zero-order valence-electron chi connectivity index (χ0n) is 11.2. The molecule has 0 aliphatic rings. The molecule has 0 aliphatic carbocycles. The Labute approximate surface area is 99.9 Å². The fourth-order valence-electron chi connectivity index (χ4n) is 1.30. The van der Waals surface area contributed by atoms with E-state index in [0.29, 0.717) is 13.2 Å². The highest BCUT2D eigenvalue weighted by molar-refractivity contribution is 5.78. The van der Waals surface area contributed by atoms with Crippen LogP contribution in [-0.2, 0) is 9.53 Å². The van der Waals surface area contributed by atoms with Gasteiger partial charge in [0.25, 0.3) is 0 Å². The lowest BCUT2D eigenvalue weighted by Crippen LogP contribution is -2.31. The molecule has 16 heavy (non-hydrogen) atoms. The maximum absolute atomic E-state index is 11.4. The molecule has 1 unspecified atom stereocenters. The first-order valence-corrected chi connectivity index (χ1v) is 6.43. The molecule has 0 aromatic heterocycles. The van der Waals surface area contributed by atoms with Gasteiger partial charge in [-0.1, -0.05) is 27.7 Å². The summed E-state index contributed by atoms with van der Waals surface area (Å²) >= 11 is 0. The van der Waals surface area contributed by atoms with E-state index in [2.05, 4.69) is 19.2 Å². The van der Waals surface area contributed by atoms with Crippen molar-refractivity contribution >= 4 is 5.91 Å². The van der Waals surface area contributed by atoms with Gasteiger partial charge in [-0.25, -0.2) is 0 Å². The highest BCUT2D eigenvalue weighted by Gasteiger charge is 2.08. The van der Waals surface area contributed by atoms with E-state index in [0.717, 1.165) is 25.4 Å². The highest BCUT2D eigenvalue weighted by atomic mass is 16.5. The van der Waals surface area contributed by atoms with E-state index in [-0.39, 0.29) is 11.8 Å². The molecule has 0 radical (unpaired) electrons. The van der Waals surface area contributed by atoms with Crippen LogP contribution in [0.25, 0.3) is 0 Å². The molecule has 0 spiro atoms. The zero-order valence-corrected chi connectivity index (χ0v) is 11.2. The predicted molar refractivity (Wildman–Crippen MR) is 67.4 cm³/mol. The Morgan fingerprint density at radius 1 is 1.25 bits per heavy atom. The van der Waals surface area contributed by atoms with Gasteiger partial charge in [-0.2, -0.15) is 0 Å². The number of carbonyl (C=O) groups excluding carboxylic acids is 1. The number of amides is 1. The van der Waals surface area contributed by atoms with E-state index in [1.54, 1.807) is 0 Å². The van der Waals surface area contributed by atoms with Crippen LogP contribution in [0, 0.1) is 11.8 Å². The molecule has 0 saturated carbocycles. The molecule has 3 nitrogen and oxygen atoms in total. The van der Waals surface area contributed by atoms with Gasteiger partial charge < -0.3 is 10.1 Å². The van der Waals surface area contributed by atoms with Crippen LogP contribution in [0.1, 0.15) is 47.0 Å². The minimum atomic E-state index is 0.112. The molecule has 1 N–H and O–H groups in total. The first-order chi connectivity index (χ1) is 7.57. The largest absolute Gasteiger partial charge is 0.380 e. The summed E-state index contributed by atoms with van der Waals surface area (Å²) in [5.74, 6) is 0.989. The average molecular weight is 229 g/mol. The lowest BCUT2D eigenvalue weighted by molar-refractivity contribution is -0.124. The molecule has 0 rings (SSSR count). The quantitative estimate of drug-likeness (QED) is 0.617. The van der Waals surface area contributed by atoms with Gasteiger partial charge in [-0.15, -0.1) is 0 Å². The predicted octanol–water partition coefficient (Wildman–Crippen LogP) is 2.60. The van der Waals surface area contributed by atoms with Crippen LogP contribution in [0.15, 0.2) is 0 Å². The Hall–Kier alpha value is -0.570. The van der Waals surface area contributed by atoms with Gasteiger partial charge in [0.2, 0.25) is 5.91 Å². The number of hydrogen-bond donors (Lipinski definition) is 1. The summed E-state index contributed by atoms with van der Waals surface area (Å²) < 4.78 is 5.43.